The van der Waals surface area contributed by atoms with Crippen LogP contribution in [-0.4, -0.2) is 47.7 Å². The summed E-state index contributed by atoms with van der Waals surface area (Å²) >= 11 is 0. The molecular weight excluding hydrogens is 290 g/mol. The molecule has 1 aromatic heterocycles. The number of aromatic nitrogens is 2. The molecule has 0 radical (unpaired) electrons. The van der Waals surface area contributed by atoms with E-state index in [1.807, 2.05) is 6.92 Å². The topological polar surface area (TPSA) is 67.5 Å². The van der Waals surface area contributed by atoms with Gasteiger partial charge in [0.05, 0.1) is 6.61 Å². The molecule has 0 saturated carbocycles. The Labute approximate surface area is 136 Å². The van der Waals surface area contributed by atoms with Crippen molar-refractivity contribution in [1.29, 1.82) is 0 Å². The molecule has 2 heterocycles. The summed E-state index contributed by atoms with van der Waals surface area (Å²) in [5.41, 5.74) is 8.03. The molecular formula is C17H23N5O. The van der Waals surface area contributed by atoms with Crippen LogP contribution in [0.2, 0.25) is 0 Å². The average Bonchev–Trinajstić information content (AvgIpc) is 2.59. The third-order valence-electron chi connectivity index (χ3n) is 4.03. The number of hydrogen-bond donors (Lipinski definition) is 1. The van der Waals surface area contributed by atoms with Crippen LogP contribution >= 0.6 is 0 Å². The molecule has 1 fully saturated rings. The number of anilines is 2. The molecule has 0 amide bonds. The SMILES string of the molecule is CCOc1ncnc(N2CCN(Cc3ccccc3)CC2)c1N. The highest BCUT2D eigenvalue weighted by Crippen LogP contribution is 2.28. The van der Waals surface area contributed by atoms with Gasteiger partial charge in [-0.2, -0.15) is 4.98 Å². The van der Waals surface area contributed by atoms with Gasteiger partial charge in [-0.25, -0.2) is 4.98 Å². The zero-order valence-corrected chi connectivity index (χ0v) is 13.5. The second kappa shape index (κ2) is 7.28. The number of ether oxygens (including phenoxy) is 1. The summed E-state index contributed by atoms with van der Waals surface area (Å²) in [5, 5.41) is 0. The zero-order valence-electron chi connectivity index (χ0n) is 13.5. The fraction of sp³-hybridized carbons (Fsp3) is 0.412. The molecule has 122 valence electrons. The van der Waals surface area contributed by atoms with E-state index in [1.165, 1.54) is 11.9 Å². The molecule has 6 nitrogen and oxygen atoms in total. The lowest BCUT2D eigenvalue weighted by molar-refractivity contribution is 0.249. The number of piperazine rings is 1. The minimum absolute atomic E-state index is 0.476. The lowest BCUT2D eigenvalue weighted by Crippen LogP contribution is -2.46. The van der Waals surface area contributed by atoms with Crippen molar-refractivity contribution in [3.8, 4) is 5.88 Å². The maximum absolute atomic E-state index is 6.15. The fourth-order valence-corrected chi connectivity index (χ4v) is 2.83. The molecule has 0 bridgehead atoms. The van der Waals surface area contributed by atoms with Crippen LogP contribution in [-0.2, 0) is 6.54 Å². The van der Waals surface area contributed by atoms with Crippen LogP contribution in [0.25, 0.3) is 0 Å². The highest BCUT2D eigenvalue weighted by atomic mass is 16.5. The van der Waals surface area contributed by atoms with E-state index in [0.717, 1.165) is 38.5 Å². The van der Waals surface area contributed by atoms with Crippen molar-refractivity contribution in [3.05, 3.63) is 42.2 Å². The normalized spacial score (nSPS) is 15.6. The second-order valence-electron chi connectivity index (χ2n) is 5.60. The van der Waals surface area contributed by atoms with Gasteiger partial charge in [0.2, 0.25) is 5.88 Å². The molecule has 1 aromatic carbocycles. The Morgan fingerprint density at radius 2 is 1.83 bits per heavy atom. The summed E-state index contributed by atoms with van der Waals surface area (Å²) in [6.07, 6.45) is 1.52. The van der Waals surface area contributed by atoms with Gasteiger partial charge in [0.1, 0.15) is 12.0 Å². The van der Waals surface area contributed by atoms with Gasteiger partial charge in [0.25, 0.3) is 0 Å². The van der Waals surface area contributed by atoms with Crippen LogP contribution < -0.4 is 15.4 Å². The highest BCUT2D eigenvalue weighted by Gasteiger charge is 2.21. The van der Waals surface area contributed by atoms with Gasteiger partial charge in [-0.15, -0.1) is 0 Å². The van der Waals surface area contributed by atoms with Gasteiger partial charge in [0, 0.05) is 32.7 Å². The summed E-state index contributed by atoms with van der Waals surface area (Å²) in [6, 6.07) is 10.6. The van der Waals surface area contributed by atoms with Crippen LogP contribution in [0.3, 0.4) is 0 Å². The summed E-state index contributed by atoms with van der Waals surface area (Å²) in [6.45, 7) is 7.23. The van der Waals surface area contributed by atoms with Crippen molar-refractivity contribution >= 4 is 11.5 Å². The van der Waals surface area contributed by atoms with E-state index < -0.39 is 0 Å². The van der Waals surface area contributed by atoms with E-state index in [9.17, 15) is 0 Å². The van der Waals surface area contributed by atoms with E-state index in [1.54, 1.807) is 0 Å². The molecule has 1 saturated heterocycles. The van der Waals surface area contributed by atoms with E-state index in [4.69, 9.17) is 10.5 Å². The Kier molecular flexibility index (Phi) is 4.92. The van der Waals surface area contributed by atoms with E-state index in [0.29, 0.717) is 18.2 Å². The van der Waals surface area contributed by atoms with Gasteiger partial charge in [-0.1, -0.05) is 30.3 Å². The molecule has 0 aliphatic carbocycles. The molecule has 0 atom stereocenters. The first-order valence-corrected chi connectivity index (χ1v) is 8.02. The van der Waals surface area contributed by atoms with Crippen molar-refractivity contribution in [2.24, 2.45) is 0 Å². The Morgan fingerprint density at radius 3 is 2.52 bits per heavy atom. The van der Waals surface area contributed by atoms with Gasteiger partial charge < -0.3 is 15.4 Å². The van der Waals surface area contributed by atoms with E-state index in [-0.39, 0.29) is 0 Å². The quantitative estimate of drug-likeness (QED) is 0.907. The summed E-state index contributed by atoms with van der Waals surface area (Å²) in [7, 11) is 0. The smallest absolute Gasteiger partial charge is 0.242 e. The molecule has 6 heteroatoms. The third-order valence-corrected chi connectivity index (χ3v) is 4.03. The maximum Gasteiger partial charge on any atom is 0.242 e. The molecule has 1 aliphatic rings. The predicted molar refractivity (Wildman–Crippen MR) is 91.5 cm³/mol. The number of hydrogen-bond acceptors (Lipinski definition) is 6. The van der Waals surface area contributed by atoms with Gasteiger partial charge in [0.15, 0.2) is 5.82 Å². The Balaban J connectivity index is 1.62. The first-order valence-electron chi connectivity index (χ1n) is 8.02. The molecule has 0 spiro atoms. The van der Waals surface area contributed by atoms with Gasteiger partial charge in [-0.3, -0.25) is 4.90 Å². The van der Waals surface area contributed by atoms with Crippen LogP contribution in [0.5, 0.6) is 5.88 Å². The summed E-state index contributed by atoms with van der Waals surface area (Å²) in [4.78, 5) is 13.1. The third kappa shape index (κ3) is 3.71. The maximum atomic E-state index is 6.15. The number of nitrogens with zero attached hydrogens (tertiary/aromatic N) is 4. The van der Waals surface area contributed by atoms with Crippen LogP contribution in [0.4, 0.5) is 11.5 Å². The molecule has 2 N–H and O–H groups in total. The summed E-state index contributed by atoms with van der Waals surface area (Å²) in [5.74, 6) is 1.26. The van der Waals surface area contributed by atoms with Gasteiger partial charge >= 0.3 is 0 Å². The molecule has 23 heavy (non-hydrogen) atoms. The van der Waals surface area contributed by atoms with E-state index in [2.05, 4.69) is 50.1 Å². The largest absolute Gasteiger partial charge is 0.476 e. The predicted octanol–water partition coefficient (Wildman–Crippen LogP) is 1.78. The lowest BCUT2D eigenvalue weighted by Gasteiger charge is -2.35. The van der Waals surface area contributed by atoms with Crippen molar-refractivity contribution in [3.63, 3.8) is 0 Å². The van der Waals surface area contributed by atoms with Crippen LogP contribution in [0.15, 0.2) is 36.7 Å². The van der Waals surface area contributed by atoms with Gasteiger partial charge in [-0.05, 0) is 12.5 Å². The van der Waals surface area contributed by atoms with Crippen molar-refractivity contribution in [2.75, 3.05) is 43.4 Å². The van der Waals surface area contributed by atoms with Crippen molar-refractivity contribution < 1.29 is 4.74 Å². The number of benzene rings is 1. The Bertz CT molecular complexity index is 626. The molecule has 3 rings (SSSR count). The number of rotatable bonds is 5. The van der Waals surface area contributed by atoms with Crippen LogP contribution in [0.1, 0.15) is 12.5 Å². The average molecular weight is 313 g/mol. The number of nitrogens with two attached hydrogens (primary N) is 1. The molecule has 0 unspecified atom stereocenters. The zero-order chi connectivity index (χ0) is 16.1. The molecule has 1 aliphatic heterocycles. The second-order valence-corrected chi connectivity index (χ2v) is 5.60. The van der Waals surface area contributed by atoms with Crippen LogP contribution in [0, 0.1) is 0 Å². The van der Waals surface area contributed by atoms with Crippen molar-refractivity contribution in [2.45, 2.75) is 13.5 Å². The standard InChI is InChI=1S/C17H23N5O/c1-2-23-17-15(18)16(19-13-20-17)22-10-8-21(9-11-22)12-14-6-4-3-5-7-14/h3-7,13H,2,8-12,18H2,1H3. The first kappa shape index (κ1) is 15.6. The fourth-order valence-electron chi connectivity index (χ4n) is 2.83. The Hall–Kier alpha value is -2.34. The monoisotopic (exact) mass is 313 g/mol. The van der Waals surface area contributed by atoms with Crippen molar-refractivity contribution in [1.82, 2.24) is 14.9 Å². The molecule has 2 aromatic rings. The Morgan fingerprint density at radius 1 is 1.09 bits per heavy atom. The lowest BCUT2D eigenvalue weighted by atomic mass is 10.2. The highest BCUT2D eigenvalue weighted by molar-refractivity contribution is 5.67. The van der Waals surface area contributed by atoms with E-state index >= 15 is 0 Å². The first-order chi connectivity index (χ1) is 11.3. The minimum Gasteiger partial charge on any atom is -0.476 e. The summed E-state index contributed by atoms with van der Waals surface area (Å²) < 4.78 is 5.46. The number of nitrogen functional groups attached to an aromatic ring is 1. The minimum atomic E-state index is 0.476.